The van der Waals surface area contributed by atoms with E-state index >= 15 is 0 Å². The summed E-state index contributed by atoms with van der Waals surface area (Å²) in [4.78, 5) is 0. The number of furan rings is 1. The highest BCUT2D eigenvalue weighted by molar-refractivity contribution is 5.83. The standard InChI is InChI=1S/C18H18FNO/c1-12(2)20-11-14-7-8-15(19)10-16(14)18-9-13-5-3-4-6-17(13)21-18/h3-10,12,20H,11H2,1-2H3. The highest BCUT2D eigenvalue weighted by Gasteiger charge is 2.12. The van der Waals surface area contributed by atoms with Crippen LogP contribution in [0.3, 0.4) is 0 Å². The summed E-state index contributed by atoms with van der Waals surface area (Å²) in [6.07, 6.45) is 0. The second-order valence-corrected chi connectivity index (χ2v) is 5.49. The van der Waals surface area contributed by atoms with E-state index in [1.807, 2.05) is 36.4 Å². The third-order valence-corrected chi connectivity index (χ3v) is 3.46. The molecule has 0 radical (unpaired) electrons. The Morgan fingerprint density at radius 1 is 1.10 bits per heavy atom. The zero-order valence-corrected chi connectivity index (χ0v) is 12.2. The van der Waals surface area contributed by atoms with Gasteiger partial charge in [0.15, 0.2) is 0 Å². The molecule has 3 aromatic rings. The summed E-state index contributed by atoms with van der Waals surface area (Å²) in [6, 6.07) is 15.0. The molecule has 0 saturated heterocycles. The molecule has 0 unspecified atom stereocenters. The van der Waals surface area contributed by atoms with Crippen molar-refractivity contribution in [3.63, 3.8) is 0 Å². The average molecular weight is 283 g/mol. The van der Waals surface area contributed by atoms with Crippen LogP contribution < -0.4 is 5.32 Å². The van der Waals surface area contributed by atoms with Gasteiger partial charge in [0.1, 0.15) is 17.2 Å². The Morgan fingerprint density at radius 2 is 1.90 bits per heavy atom. The maximum absolute atomic E-state index is 13.6. The third-order valence-electron chi connectivity index (χ3n) is 3.46. The van der Waals surface area contributed by atoms with Gasteiger partial charge >= 0.3 is 0 Å². The highest BCUT2D eigenvalue weighted by atomic mass is 19.1. The first-order valence-corrected chi connectivity index (χ1v) is 7.14. The van der Waals surface area contributed by atoms with Crippen LogP contribution in [0.15, 0.2) is 52.9 Å². The Morgan fingerprint density at radius 3 is 2.67 bits per heavy atom. The number of rotatable bonds is 4. The lowest BCUT2D eigenvalue weighted by Gasteiger charge is -2.11. The maximum atomic E-state index is 13.6. The SMILES string of the molecule is CC(C)NCc1ccc(F)cc1-c1cc2ccccc2o1. The van der Waals surface area contributed by atoms with E-state index in [1.165, 1.54) is 12.1 Å². The first-order valence-electron chi connectivity index (χ1n) is 7.14. The Balaban J connectivity index is 2.04. The van der Waals surface area contributed by atoms with Crippen LogP contribution in [0, 0.1) is 5.82 Å². The van der Waals surface area contributed by atoms with Crippen LogP contribution in [0.4, 0.5) is 4.39 Å². The second-order valence-electron chi connectivity index (χ2n) is 5.49. The minimum absolute atomic E-state index is 0.251. The molecule has 21 heavy (non-hydrogen) atoms. The molecule has 3 rings (SSSR count). The molecular formula is C18H18FNO. The van der Waals surface area contributed by atoms with Crippen molar-refractivity contribution < 1.29 is 8.81 Å². The van der Waals surface area contributed by atoms with Crippen molar-refractivity contribution in [3.05, 3.63) is 59.9 Å². The van der Waals surface area contributed by atoms with Gasteiger partial charge in [-0.1, -0.05) is 38.1 Å². The van der Waals surface area contributed by atoms with E-state index in [0.717, 1.165) is 22.1 Å². The minimum atomic E-state index is -0.251. The normalized spacial score (nSPS) is 11.4. The topological polar surface area (TPSA) is 25.2 Å². The van der Waals surface area contributed by atoms with E-state index in [9.17, 15) is 4.39 Å². The lowest BCUT2D eigenvalue weighted by Crippen LogP contribution is -2.22. The molecule has 2 nitrogen and oxygen atoms in total. The number of para-hydroxylation sites is 1. The number of hydrogen-bond acceptors (Lipinski definition) is 2. The molecule has 1 aromatic heterocycles. The van der Waals surface area contributed by atoms with Crippen LogP contribution in [-0.2, 0) is 6.54 Å². The van der Waals surface area contributed by atoms with Crippen molar-refractivity contribution in [1.29, 1.82) is 0 Å². The summed E-state index contributed by atoms with van der Waals surface area (Å²) in [7, 11) is 0. The van der Waals surface area contributed by atoms with Crippen LogP contribution >= 0.6 is 0 Å². The molecule has 3 heteroatoms. The molecule has 2 aromatic carbocycles. The number of benzene rings is 2. The summed E-state index contributed by atoms with van der Waals surface area (Å²) in [6.45, 7) is 4.86. The largest absolute Gasteiger partial charge is 0.456 e. The van der Waals surface area contributed by atoms with Gasteiger partial charge in [-0.3, -0.25) is 0 Å². The van der Waals surface area contributed by atoms with Crippen molar-refractivity contribution in [1.82, 2.24) is 5.32 Å². The molecular weight excluding hydrogens is 265 g/mol. The fourth-order valence-corrected chi connectivity index (χ4v) is 2.36. The van der Waals surface area contributed by atoms with Crippen LogP contribution in [0.5, 0.6) is 0 Å². The number of nitrogens with one attached hydrogen (secondary N) is 1. The molecule has 1 heterocycles. The number of halogens is 1. The summed E-state index contributed by atoms with van der Waals surface area (Å²) < 4.78 is 19.5. The molecule has 0 aliphatic carbocycles. The zero-order valence-electron chi connectivity index (χ0n) is 12.2. The van der Waals surface area contributed by atoms with Gasteiger partial charge in [0.2, 0.25) is 0 Å². The first kappa shape index (κ1) is 13.8. The lowest BCUT2D eigenvalue weighted by molar-refractivity contribution is 0.582. The van der Waals surface area contributed by atoms with Gasteiger partial charge in [0, 0.05) is 23.5 Å². The van der Waals surface area contributed by atoms with Crippen molar-refractivity contribution in [3.8, 4) is 11.3 Å². The van der Waals surface area contributed by atoms with Crippen molar-refractivity contribution in [2.75, 3.05) is 0 Å². The predicted molar refractivity (Wildman–Crippen MR) is 83.6 cm³/mol. The average Bonchev–Trinajstić information content (AvgIpc) is 2.89. The van der Waals surface area contributed by atoms with E-state index in [2.05, 4.69) is 19.2 Å². The minimum Gasteiger partial charge on any atom is -0.456 e. The van der Waals surface area contributed by atoms with Gasteiger partial charge in [-0.15, -0.1) is 0 Å². The van der Waals surface area contributed by atoms with Crippen LogP contribution in [0.1, 0.15) is 19.4 Å². The highest BCUT2D eigenvalue weighted by Crippen LogP contribution is 2.30. The molecule has 0 saturated carbocycles. The lowest BCUT2D eigenvalue weighted by atomic mass is 10.0. The molecule has 1 N–H and O–H groups in total. The Bertz CT molecular complexity index is 728. The van der Waals surface area contributed by atoms with Gasteiger partial charge in [-0.2, -0.15) is 0 Å². The molecule has 0 amide bonds. The summed E-state index contributed by atoms with van der Waals surface area (Å²) in [5, 5.41) is 4.39. The fourth-order valence-electron chi connectivity index (χ4n) is 2.36. The molecule has 108 valence electrons. The molecule has 0 spiro atoms. The number of fused-ring (bicyclic) bond motifs is 1. The molecule has 0 atom stereocenters. The van der Waals surface area contributed by atoms with Crippen LogP contribution in [0.2, 0.25) is 0 Å². The van der Waals surface area contributed by atoms with E-state index in [-0.39, 0.29) is 5.82 Å². The molecule has 0 aliphatic rings. The van der Waals surface area contributed by atoms with Crippen LogP contribution in [-0.4, -0.2) is 6.04 Å². The Hall–Kier alpha value is -2.13. The van der Waals surface area contributed by atoms with Crippen molar-refractivity contribution in [2.45, 2.75) is 26.4 Å². The first-order chi connectivity index (χ1) is 10.1. The van der Waals surface area contributed by atoms with E-state index < -0.39 is 0 Å². The monoisotopic (exact) mass is 283 g/mol. The fraction of sp³-hybridized carbons (Fsp3) is 0.222. The quantitative estimate of drug-likeness (QED) is 0.748. The summed E-state index contributed by atoms with van der Waals surface area (Å²) in [5.74, 6) is 0.454. The summed E-state index contributed by atoms with van der Waals surface area (Å²) in [5.41, 5.74) is 2.66. The Labute approximate surface area is 123 Å². The third kappa shape index (κ3) is 2.98. The van der Waals surface area contributed by atoms with Crippen molar-refractivity contribution >= 4 is 11.0 Å². The van der Waals surface area contributed by atoms with Crippen molar-refractivity contribution in [2.24, 2.45) is 0 Å². The summed E-state index contributed by atoms with van der Waals surface area (Å²) >= 11 is 0. The molecule has 0 fully saturated rings. The maximum Gasteiger partial charge on any atom is 0.135 e. The molecule has 0 bridgehead atoms. The van der Waals surface area contributed by atoms with Gasteiger partial charge in [0.05, 0.1) is 0 Å². The smallest absolute Gasteiger partial charge is 0.135 e. The predicted octanol–water partition coefficient (Wildman–Crippen LogP) is 4.74. The van der Waals surface area contributed by atoms with Gasteiger partial charge in [-0.05, 0) is 29.8 Å². The molecule has 0 aliphatic heterocycles. The van der Waals surface area contributed by atoms with Crippen LogP contribution in [0.25, 0.3) is 22.3 Å². The Kier molecular flexibility index (Phi) is 3.76. The van der Waals surface area contributed by atoms with E-state index in [1.54, 1.807) is 0 Å². The van der Waals surface area contributed by atoms with Gasteiger partial charge < -0.3 is 9.73 Å². The van der Waals surface area contributed by atoms with E-state index in [4.69, 9.17) is 4.42 Å². The van der Waals surface area contributed by atoms with Gasteiger partial charge in [0.25, 0.3) is 0 Å². The van der Waals surface area contributed by atoms with Gasteiger partial charge in [-0.25, -0.2) is 4.39 Å². The number of hydrogen-bond donors (Lipinski definition) is 1. The zero-order chi connectivity index (χ0) is 14.8. The second kappa shape index (κ2) is 5.70. The van der Waals surface area contributed by atoms with E-state index in [0.29, 0.717) is 18.3 Å².